The van der Waals surface area contributed by atoms with Crippen molar-refractivity contribution in [2.24, 2.45) is 5.92 Å². The lowest BCUT2D eigenvalue weighted by Crippen LogP contribution is -2.43. The number of aliphatic hydroxyl groups excluding tert-OH is 1. The molecule has 2 nitrogen and oxygen atoms in total. The van der Waals surface area contributed by atoms with Crippen LogP contribution in [-0.4, -0.2) is 35.2 Å². The zero-order valence-electron chi connectivity index (χ0n) is 8.74. The van der Waals surface area contributed by atoms with E-state index >= 15 is 0 Å². The number of hydrogen-bond acceptors (Lipinski definition) is 2. The lowest BCUT2D eigenvalue weighted by atomic mass is 10.1. The van der Waals surface area contributed by atoms with Gasteiger partial charge in [-0.2, -0.15) is 0 Å². The Labute approximate surface area is 80.9 Å². The van der Waals surface area contributed by atoms with Crippen LogP contribution in [-0.2, 0) is 0 Å². The Morgan fingerprint density at radius 3 is 2.38 bits per heavy atom. The van der Waals surface area contributed by atoms with Crippen LogP contribution in [0.2, 0.25) is 0 Å². The van der Waals surface area contributed by atoms with E-state index in [4.69, 9.17) is 0 Å². The van der Waals surface area contributed by atoms with Crippen LogP contribution in [0.3, 0.4) is 0 Å². The molecule has 0 saturated heterocycles. The van der Waals surface area contributed by atoms with Crippen LogP contribution < -0.4 is 0 Å². The van der Waals surface area contributed by atoms with Crippen LogP contribution in [0.25, 0.3) is 0 Å². The van der Waals surface area contributed by atoms with E-state index in [0.717, 1.165) is 12.3 Å². The smallest absolute Gasteiger partial charge is 0.0695 e. The Bertz CT molecular complexity index is 179. The molecule has 0 spiro atoms. The van der Waals surface area contributed by atoms with Gasteiger partial charge in [0.2, 0.25) is 0 Å². The predicted octanol–water partition coefficient (Wildman–Crippen LogP) is 1.63. The molecule has 13 heavy (non-hydrogen) atoms. The second kappa shape index (κ2) is 3.58. The highest BCUT2D eigenvalue weighted by Gasteiger charge is 2.36. The molecule has 1 unspecified atom stereocenters. The molecule has 0 aliphatic heterocycles. The fraction of sp³-hybridized carbons (Fsp3) is 1.00. The zero-order chi connectivity index (χ0) is 9.42. The van der Waals surface area contributed by atoms with Gasteiger partial charge in [0.1, 0.15) is 0 Å². The summed E-state index contributed by atoms with van der Waals surface area (Å²) in [6, 6.07) is 1.12. The predicted molar refractivity (Wildman–Crippen MR) is 53.6 cm³/mol. The molecule has 2 fully saturated rings. The van der Waals surface area contributed by atoms with E-state index in [2.05, 4.69) is 18.9 Å². The Hall–Kier alpha value is -0.0800. The van der Waals surface area contributed by atoms with Gasteiger partial charge in [-0.25, -0.2) is 0 Å². The van der Waals surface area contributed by atoms with E-state index < -0.39 is 0 Å². The normalized spacial score (nSPS) is 36.9. The highest BCUT2D eigenvalue weighted by Crippen LogP contribution is 2.37. The van der Waals surface area contributed by atoms with Gasteiger partial charge >= 0.3 is 0 Å². The molecule has 0 aromatic heterocycles. The minimum absolute atomic E-state index is 0.0637. The summed E-state index contributed by atoms with van der Waals surface area (Å²) in [7, 11) is 2.18. The minimum atomic E-state index is -0.0637. The highest BCUT2D eigenvalue weighted by molar-refractivity contribution is 4.91. The molecule has 0 amide bonds. The fourth-order valence-electron chi connectivity index (χ4n) is 2.61. The Morgan fingerprint density at radius 2 is 1.92 bits per heavy atom. The van der Waals surface area contributed by atoms with Crippen molar-refractivity contribution in [3.05, 3.63) is 0 Å². The SMILES string of the molecule is CC(C1CC1)N(C)[C@H]1CCC[C@@H]1O. The topological polar surface area (TPSA) is 23.5 Å². The van der Waals surface area contributed by atoms with Gasteiger partial charge in [-0.1, -0.05) is 0 Å². The molecular weight excluding hydrogens is 162 g/mol. The van der Waals surface area contributed by atoms with Crippen LogP contribution >= 0.6 is 0 Å². The summed E-state index contributed by atoms with van der Waals surface area (Å²) in [5.74, 6) is 0.915. The molecule has 2 rings (SSSR count). The molecule has 0 bridgehead atoms. The monoisotopic (exact) mass is 183 g/mol. The van der Waals surface area contributed by atoms with Crippen molar-refractivity contribution in [2.75, 3.05) is 7.05 Å². The summed E-state index contributed by atoms with van der Waals surface area (Å²) in [6.45, 7) is 2.31. The molecule has 0 radical (unpaired) electrons. The average Bonchev–Trinajstić information content (AvgIpc) is 2.87. The minimum Gasteiger partial charge on any atom is -0.391 e. The summed E-state index contributed by atoms with van der Waals surface area (Å²) in [5, 5.41) is 9.77. The molecule has 76 valence electrons. The largest absolute Gasteiger partial charge is 0.391 e. The highest BCUT2D eigenvalue weighted by atomic mass is 16.3. The van der Waals surface area contributed by atoms with E-state index in [1.54, 1.807) is 0 Å². The first-order chi connectivity index (χ1) is 6.20. The molecule has 2 saturated carbocycles. The van der Waals surface area contributed by atoms with Crippen LogP contribution in [0.15, 0.2) is 0 Å². The maximum Gasteiger partial charge on any atom is 0.0695 e. The van der Waals surface area contributed by atoms with Gasteiger partial charge in [-0.15, -0.1) is 0 Å². The molecule has 3 atom stereocenters. The Balaban J connectivity index is 1.90. The standard InChI is InChI=1S/C11H21NO/c1-8(9-6-7-9)12(2)10-4-3-5-11(10)13/h8-11,13H,3-7H2,1-2H3/t8?,10-,11-/m0/s1. The van der Waals surface area contributed by atoms with Gasteiger partial charge in [0.25, 0.3) is 0 Å². The van der Waals surface area contributed by atoms with E-state index in [-0.39, 0.29) is 6.10 Å². The summed E-state index contributed by atoms with van der Waals surface area (Å²) >= 11 is 0. The molecule has 0 aromatic carbocycles. The third kappa shape index (κ3) is 1.89. The molecule has 0 heterocycles. The van der Waals surface area contributed by atoms with Crippen molar-refractivity contribution in [2.45, 2.75) is 57.2 Å². The third-order valence-corrected chi connectivity index (χ3v) is 3.91. The van der Waals surface area contributed by atoms with Gasteiger partial charge in [0.05, 0.1) is 6.10 Å². The Morgan fingerprint density at radius 1 is 1.23 bits per heavy atom. The molecule has 2 aliphatic carbocycles. The first-order valence-corrected chi connectivity index (χ1v) is 5.60. The van der Waals surface area contributed by atoms with Crippen molar-refractivity contribution < 1.29 is 5.11 Å². The van der Waals surface area contributed by atoms with E-state index in [1.165, 1.54) is 25.7 Å². The lowest BCUT2D eigenvalue weighted by Gasteiger charge is -2.32. The lowest BCUT2D eigenvalue weighted by molar-refractivity contribution is 0.0600. The van der Waals surface area contributed by atoms with E-state index in [9.17, 15) is 5.11 Å². The first-order valence-electron chi connectivity index (χ1n) is 5.60. The number of hydrogen-bond donors (Lipinski definition) is 1. The van der Waals surface area contributed by atoms with Crippen LogP contribution in [0, 0.1) is 5.92 Å². The molecule has 0 aromatic rings. The van der Waals surface area contributed by atoms with Gasteiger partial charge in [0, 0.05) is 12.1 Å². The van der Waals surface area contributed by atoms with E-state index in [1.807, 2.05) is 0 Å². The summed E-state index contributed by atoms with van der Waals surface area (Å²) < 4.78 is 0. The average molecular weight is 183 g/mol. The maximum absolute atomic E-state index is 9.77. The summed E-state index contributed by atoms with van der Waals surface area (Å²) in [5.41, 5.74) is 0. The van der Waals surface area contributed by atoms with Crippen molar-refractivity contribution in [3.8, 4) is 0 Å². The molecule has 2 heteroatoms. The van der Waals surface area contributed by atoms with Gasteiger partial charge in [0.15, 0.2) is 0 Å². The molecular formula is C11H21NO. The zero-order valence-corrected chi connectivity index (χ0v) is 8.74. The maximum atomic E-state index is 9.77. The summed E-state index contributed by atoms with van der Waals surface area (Å²) in [6.07, 6.45) is 6.13. The van der Waals surface area contributed by atoms with Crippen LogP contribution in [0.4, 0.5) is 0 Å². The number of nitrogens with zero attached hydrogens (tertiary/aromatic N) is 1. The van der Waals surface area contributed by atoms with E-state index in [0.29, 0.717) is 12.1 Å². The van der Waals surface area contributed by atoms with Gasteiger partial charge in [-0.3, -0.25) is 4.90 Å². The second-order valence-corrected chi connectivity index (χ2v) is 4.81. The second-order valence-electron chi connectivity index (χ2n) is 4.81. The Kier molecular flexibility index (Phi) is 2.61. The third-order valence-electron chi connectivity index (χ3n) is 3.91. The number of likely N-dealkylation sites (N-methyl/N-ethyl adjacent to an activating group) is 1. The number of rotatable bonds is 3. The quantitative estimate of drug-likeness (QED) is 0.719. The van der Waals surface area contributed by atoms with Crippen molar-refractivity contribution in [3.63, 3.8) is 0 Å². The fourth-order valence-corrected chi connectivity index (χ4v) is 2.61. The van der Waals surface area contributed by atoms with Gasteiger partial charge < -0.3 is 5.11 Å². The summed E-state index contributed by atoms with van der Waals surface area (Å²) in [4.78, 5) is 2.41. The first kappa shape index (κ1) is 9.47. The molecule has 1 N–H and O–H groups in total. The number of aliphatic hydroxyl groups is 1. The van der Waals surface area contributed by atoms with Crippen LogP contribution in [0.1, 0.15) is 39.0 Å². The van der Waals surface area contributed by atoms with Crippen molar-refractivity contribution in [1.82, 2.24) is 4.90 Å². The molecule has 2 aliphatic rings. The van der Waals surface area contributed by atoms with Crippen LogP contribution in [0.5, 0.6) is 0 Å². The van der Waals surface area contributed by atoms with Crippen molar-refractivity contribution in [1.29, 1.82) is 0 Å². The van der Waals surface area contributed by atoms with Crippen molar-refractivity contribution >= 4 is 0 Å². The van der Waals surface area contributed by atoms with Gasteiger partial charge in [-0.05, 0) is 52.0 Å².